The lowest BCUT2D eigenvalue weighted by Gasteiger charge is -2.36. The molecule has 1 aromatic carbocycles. The fourth-order valence-corrected chi connectivity index (χ4v) is 3.88. The lowest BCUT2D eigenvalue weighted by Crippen LogP contribution is -2.50. The van der Waals surface area contributed by atoms with Crippen molar-refractivity contribution in [3.05, 3.63) is 55.7 Å². The monoisotopic (exact) mass is 439 g/mol. The molecule has 1 amide bonds. The molecule has 3 rings (SSSR count). The van der Waals surface area contributed by atoms with Crippen molar-refractivity contribution in [2.45, 2.75) is 32.9 Å². The molecule has 0 aliphatic carbocycles. The molecule has 0 N–H and O–H groups in total. The van der Waals surface area contributed by atoms with Crippen molar-refractivity contribution in [3.8, 4) is 0 Å². The molecule has 1 aromatic heterocycles. The molecule has 8 nitrogen and oxygen atoms in total. The van der Waals surface area contributed by atoms with E-state index in [1.165, 1.54) is 10.7 Å². The summed E-state index contributed by atoms with van der Waals surface area (Å²) in [5, 5.41) is 16.1. The van der Waals surface area contributed by atoms with Gasteiger partial charge in [-0.15, -0.1) is 0 Å². The highest BCUT2D eigenvalue weighted by molar-refractivity contribution is 6.42. The lowest BCUT2D eigenvalue weighted by atomic mass is 10.1. The van der Waals surface area contributed by atoms with E-state index in [9.17, 15) is 14.9 Å². The molecule has 10 heteroatoms. The Morgan fingerprint density at radius 1 is 1.21 bits per heavy atom. The lowest BCUT2D eigenvalue weighted by molar-refractivity contribution is -0.389. The number of amides is 1. The molecule has 2 heterocycles. The normalized spacial score (nSPS) is 16.1. The first-order valence-electron chi connectivity index (χ1n) is 9.45. The van der Waals surface area contributed by atoms with Crippen LogP contribution in [0.3, 0.4) is 0 Å². The summed E-state index contributed by atoms with van der Waals surface area (Å²) in [6, 6.07) is 6.46. The van der Waals surface area contributed by atoms with Gasteiger partial charge in [-0.05, 0) is 36.0 Å². The molecule has 1 aliphatic heterocycles. The molecule has 0 radical (unpaired) electrons. The van der Waals surface area contributed by atoms with Crippen molar-refractivity contribution in [2.24, 2.45) is 0 Å². The standard InChI is InChI=1S/C19H23Cl2N5O3/c1-3-17(25-13(2)10-18(22-25)26(28)29)19(27)24-8-6-23(7-9-24)12-14-4-5-15(20)16(21)11-14/h4-5,10-11,17H,3,6-9,12H2,1-2H3. The number of rotatable bonds is 6. The Bertz CT molecular complexity index is 909. The molecule has 156 valence electrons. The quantitative estimate of drug-likeness (QED) is 0.505. The molecule has 1 aliphatic rings. The third-order valence-corrected chi connectivity index (χ3v) is 5.88. The number of aryl methyl sites for hydroxylation is 1. The van der Waals surface area contributed by atoms with Gasteiger partial charge in [-0.2, -0.15) is 4.68 Å². The average molecular weight is 440 g/mol. The maximum atomic E-state index is 13.1. The zero-order valence-electron chi connectivity index (χ0n) is 16.3. The van der Waals surface area contributed by atoms with Crippen LogP contribution in [0.2, 0.25) is 10.0 Å². The number of piperazine rings is 1. The molecule has 1 atom stereocenters. The molecule has 2 aromatic rings. The SMILES string of the molecule is CCC(C(=O)N1CCN(Cc2ccc(Cl)c(Cl)c2)CC1)n1nc([N+](=O)[O-])cc1C. The van der Waals surface area contributed by atoms with E-state index in [1.54, 1.807) is 13.0 Å². The van der Waals surface area contributed by atoms with E-state index in [1.807, 2.05) is 24.0 Å². The summed E-state index contributed by atoms with van der Waals surface area (Å²) in [7, 11) is 0. The summed E-state index contributed by atoms with van der Waals surface area (Å²) in [6.07, 6.45) is 0.516. The number of nitro groups is 1. The van der Waals surface area contributed by atoms with Crippen LogP contribution in [0.25, 0.3) is 0 Å². The average Bonchev–Trinajstić information content (AvgIpc) is 3.08. The topological polar surface area (TPSA) is 84.5 Å². The highest BCUT2D eigenvalue weighted by Gasteiger charge is 2.32. The Labute approximate surface area is 179 Å². The number of nitrogens with zero attached hydrogens (tertiary/aromatic N) is 5. The Kier molecular flexibility index (Phi) is 6.77. The maximum Gasteiger partial charge on any atom is 0.390 e. The number of halogens is 2. The Morgan fingerprint density at radius 3 is 2.45 bits per heavy atom. The van der Waals surface area contributed by atoms with Crippen molar-refractivity contribution in [3.63, 3.8) is 0 Å². The van der Waals surface area contributed by atoms with Gasteiger partial charge in [0.25, 0.3) is 0 Å². The van der Waals surface area contributed by atoms with Crippen LogP contribution in [0, 0.1) is 17.0 Å². The van der Waals surface area contributed by atoms with Crippen LogP contribution < -0.4 is 0 Å². The molecular weight excluding hydrogens is 417 g/mol. The first-order valence-corrected chi connectivity index (χ1v) is 10.2. The Hall–Kier alpha value is -2.16. The molecule has 1 unspecified atom stereocenters. The summed E-state index contributed by atoms with van der Waals surface area (Å²) in [5.41, 5.74) is 1.68. The smallest absolute Gasteiger partial charge is 0.358 e. The summed E-state index contributed by atoms with van der Waals surface area (Å²) in [6.45, 7) is 7.02. The summed E-state index contributed by atoms with van der Waals surface area (Å²) in [4.78, 5) is 27.6. The largest absolute Gasteiger partial charge is 0.390 e. The second-order valence-electron chi connectivity index (χ2n) is 7.12. The molecular formula is C19H23Cl2N5O3. The van der Waals surface area contributed by atoms with Crippen molar-refractivity contribution in [2.75, 3.05) is 26.2 Å². The number of benzene rings is 1. The van der Waals surface area contributed by atoms with E-state index in [0.717, 1.165) is 25.2 Å². The van der Waals surface area contributed by atoms with E-state index in [-0.39, 0.29) is 11.7 Å². The molecule has 0 spiro atoms. The first-order chi connectivity index (χ1) is 13.8. The van der Waals surface area contributed by atoms with Crippen molar-refractivity contribution in [1.29, 1.82) is 0 Å². The van der Waals surface area contributed by atoms with E-state index in [4.69, 9.17) is 23.2 Å². The first kappa shape index (κ1) is 21.5. The zero-order chi connectivity index (χ0) is 21.1. The fraction of sp³-hybridized carbons (Fsp3) is 0.474. The van der Waals surface area contributed by atoms with Crippen LogP contribution in [-0.4, -0.2) is 56.6 Å². The summed E-state index contributed by atoms with van der Waals surface area (Å²) < 4.78 is 1.47. The molecule has 1 fully saturated rings. The van der Waals surface area contributed by atoms with Gasteiger partial charge in [0, 0.05) is 32.7 Å². The molecule has 1 saturated heterocycles. The Balaban J connectivity index is 1.62. The maximum absolute atomic E-state index is 13.1. The third-order valence-electron chi connectivity index (χ3n) is 5.14. The molecule has 0 bridgehead atoms. The van der Waals surface area contributed by atoms with Gasteiger partial charge in [0.2, 0.25) is 5.91 Å². The van der Waals surface area contributed by atoms with Crippen LogP contribution >= 0.6 is 23.2 Å². The number of aromatic nitrogens is 2. The van der Waals surface area contributed by atoms with E-state index in [2.05, 4.69) is 10.00 Å². The minimum atomic E-state index is -0.539. The Morgan fingerprint density at radius 2 is 1.90 bits per heavy atom. The van der Waals surface area contributed by atoms with Gasteiger partial charge in [-0.1, -0.05) is 36.2 Å². The molecule has 0 saturated carbocycles. The predicted octanol–water partition coefficient (Wildman–Crippen LogP) is 3.70. The van der Waals surface area contributed by atoms with Gasteiger partial charge < -0.3 is 15.0 Å². The van der Waals surface area contributed by atoms with Gasteiger partial charge in [0.1, 0.15) is 0 Å². The number of carbonyl (C=O) groups excluding carboxylic acids is 1. The van der Waals surface area contributed by atoms with Gasteiger partial charge in [-0.25, -0.2) is 0 Å². The summed E-state index contributed by atoms with van der Waals surface area (Å²) >= 11 is 12.1. The second kappa shape index (κ2) is 9.11. The summed E-state index contributed by atoms with van der Waals surface area (Å²) in [5.74, 6) is -0.289. The van der Waals surface area contributed by atoms with Crippen LogP contribution in [-0.2, 0) is 11.3 Å². The van der Waals surface area contributed by atoms with Crippen molar-refractivity contribution < 1.29 is 9.72 Å². The zero-order valence-corrected chi connectivity index (χ0v) is 17.9. The van der Waals surface area contributed by atoms with Gasteiger partial charge in [-0.3, -0.25) is 9.69 Å². The van der Waals surface area contributed by atoms with E-state index in [0.29, 0.717) is 35.2 Å². The van der Waals surface area contributed by atoms with Crippen LogP contribution in [0.5, 0.6) is 0 Å². The number of hydrogen-bond donors (Lipinski definition) is 0. The van der Waals surface area contributed by atoms with E-state index >= 15 is 0 Å². The van der Waals surface area contributed by atoms with E-state index < -0.39 is 11.0 Å². The molecule has 29 heavy (non-hydrogen) atoms. The van der Waals surface area contributed by atoms with Gasteiger partial charge in [0.05, 0.1) is 26.9 Å². The fourth-order valence-electron chi connectivity index (χ4n) is 3.56. The van der Waals surface area contributed by atoms with Crippen LogP contribution in [0.1, 0.15) is 30.6 Å². The second-order valence-corrected chi connectivity index (χ2v) is 7.93. The van der Waals surface area contributed by atoms with Crippen molar-refractivity contribution in [1.82, 2.24) is 19.6 Å². The number of hydrogen-bond acceptors (Lipinski definition) is 5. The minimum Gasteiger partial charge on any atom is -0.358 e. The van der Waals surface area contributed by atoms with Crippen LogP contribution in [0.4, 0.5) is 5.82 Å². The van der Waals surface area contributed by atoms with Gasteiger partial charge in [0.15, 0.2) is 6.04 Å². The minimum absolute atomic E-state index is 0.0530. The highest BCUT2D eigenvalue weighted by atomic mass is 35.5. The predicted molar refractivity (Wildman–Crippen MR) is 111 cm³/mol. The van der Waals surface area contributed by atoms with Crippen LogP contribution in [0.15, 0.2) is 24.3 Å². The van der Waals surface area contributed by atoms with Crippen molar-refractivity contribution >= 4 is 34.9 Å². The van der Waals surface area contributed by atoms with Gasteiger partial charge >= 0.3 is 5.82 Å². The highest BCUT2D eigenvalue weighted by Crippen LogP contribution is 2.24. The number of carbonyl (C=O) groups is 1. The third kappa shape index (κ3) is 4.88.